The summed E-state index contributed by atoms with van der Waals surface area (Å²) in [6, 6.07) is 9.01. The van der Waals surface area contributed by atoms with Crippen LogP contribution in [0, 0.1) is 0 Å². The highest BCUT2D eigenvalue weighted by molar-refractivity contribution is 6.29. The van der Waals surface area contributed by atoms with Gasteiger partial charge in [-0.15, -0.1) is 0 Å². The smallest absolute Gasteiger partial charge is 0.224 e. The summed E-state index contributed by atoms with van der Waals surface area (Å²) in [5, 5.41) is 0.367. The molecule has 21 heavy (non-hydrogen) atoms. The van der Waals surface area contributed by atoms with Gasteiger partial charge < -0.3 is 9.47 Å². The van der Waals surface area contributed by atoms with Crippen LogP contribution in [-0.2, 0) is 5.41 Å². The van der Waals surface area contributed by atoms with E-state index in [1.165, 1.54) is 0 Å². The molecular formula is C16H19ClN2O2. The molecule has 0 bridgehead atoms. The van der Waals surface area contributed by atoms with Gasteiger partial charge in [-0.25, -0.2) is 4.98 Å². The van der Waals surface area contributed by atoms with E-state index in [0.717, 1.165) is 5.75 Å². The number of hydrogen-bond acceptors (Lipinski definition) is 4. The molecule has 0 unspecified atom stereocenters. The highest BCUT2D eigenvalue weighted by Gasteiger charge is 2.19. The lowest BCUT2D eigenvalue weighted by atomic mass is 9.96. The molecule has 0 saturated heterocycles. The predicted molar refractivity (Wildman–Crippen MR) is 83.4 cm³/mol. The van der Waals surface area contributed by atoms with Crippen LogP contribution >= 0.6 is 11.6 Å². The third-order valence-corrected chi connectivity index (χ3v) is 2.87. The van der Waals surface area contributed by atoms with Gasteiger partial charge in [0.1, 0.15) is 22.5 Å². The standard InChI is InChI=1S/C16H19ClN2O2/c1-5-20-11-7-6-8-12(9-11)21-14-10-13(17)18-15(19-14)16(2,3)4/h6-10H,5H2,1-4H3. The quantitative estimate of drug-likeness (QED) is 0.773. The molecule has 4 nitrogen and oxygen atoms in total. The maximum Gasteiger partial charge on any atom is 0.224 e. The lowest BCUT2D eigenvalue weighted by Crippen LogP contribution is -2.16. The van der Waals surface area contributed by atoms with Gasteiger partial charge >= 0.3 is 0 Å². The maximum atomic E-state index is 6.05. The van der Waals surface area contributed by atoms with Gasteiger partial charge in [-0.05, 0) is 19.1 Å². The molecule has 2 aromatic rings. The molecule has 0 aliphatic rings. The van der Waals surface area contributed by atoms with Crippen molar-refractivity contribution in [3.8, 4) is 17.4 Å². The van der Waals surface area contributed by atoms with Crippen LogP contribution in [0.3, 0.4) is 0 Å². The summed E-state index contributed by atoms with van der Waals surface area (Å²) in [5.74, 6) is 2.47. The average molecular weight is 307 g/mol. The molecule has 112 valence electrons. The first-order chi connectivity index (χ1) is 9.88. The Labute approximate surface area is 130 Å². The molecule has 1 aromatic carbocycles. The minimum absolute atomic E-state index is 0.198. The third-order valence-electron chi connectivity index (χ3n) is 2.68. The van der Waals surface area contributed by atoms with Crippen LogP contribution in [0.25, 0.3) is 0 Å². The Hall–Kier alpha value is -1.81. The van der Waals surface area contributed by atoms with Gasteiger partial charge in [0, 0.05) is 17.5 Å². The van der Waals surface area contributed by atoms with Gasteiger partial charge in [0.25, 0.3) is 0 Å². The van der Waals surface area contributed by atoms with Gasteiger partial charge in [-0.2, -0.15) is 4.98 Å². The van der Waals surface area contributed by atoms with Crippen LogP contribution in [0.5, 0.6) is 17.4 Å². The van der Waals surface area contributed by atoms with Gasteiger partial charge in [0.15, 0.2) is 0 Å². The molecule has 0 aliphatic heterocycles. The zero-order chi connectivity index (χ0) is 15.5. The fraction of sp³-hybridized carbons (Fsp3) is 0.375. The molecule has 0 aliphatic carbocycles. The predicted octanol–water partition coefficient (Wildman–Crippen LogP) is 4.62. The highest BCUT2D eigenvalue weighted by Crippen LogP contribution is 2.28. The topological polar surface area (TPSA) is 44.2 Å². The minimum Gasteiger partial charge on any atom is -0.494 e. The first kappa shape index (κ1) is 15.6. The second-order valence-electron chi connectivity index (χ2n) is 5.61. The lowest BCUT2D eigenvalue weighted by molar-refractivity contribution is 0.337. The monoisotopic (exact) mass is 306 g/mol. The van der Waals surface area contributed by atoms with Crippen molar-refractivity contribution in [2.45, 2.75) is 33.1 Å². The maximum absolute atomic E-state index is 6.05. The van der Waals surface area contributed by atoms with Crippen LogP contribution in [-0.4, -0.2) is 16.6 Å². The Morgan fingerprint density at radius 1 is 1.10 bits per heavy atom. The average Bonchev–Trinajstić information content (AvgIpc) is 2.38. The number of nitrogens with zero attached hydrogens (tertiary/aromatic N) is 2. The molecule has 0 spiro atoms. The van der Waals surface area contributed by atoms with E-state index in [-0.39, 0.29) is 5.41 Å². The van der Waals surface area contributed by atoms with E-state index in [2.05, 4.69) is 9.97 Å². The van der Waals surface area contributed by atoms with Crippen LogP contribution in [0.2, 0.25) is 5.15 Å². The summed E-state index contributed by atoms with van der Waals surface area (Å²) in [6.07, 6.45) is 0. The summed E-state index contributed by atoms with van der Waals surface area (Å²) in [5.41, 5.74) is -0.198. The second-order valence-corrected chi connectivity index (χ2v) is 6.00. The number of ether oxygens (including phenoxy) is 2. The number of hydrogen-bond donors (Lipinski definition) is 0. The summed E-state index contributed by atoms with van der Waals surface area (Å²) >= 11 is 6.05. The molecule has 0 fully saturated rings. The molecule has 0 radical (unpaired) electrons. The Balaban J connectivity index is 2.27. The molecule has 0 N–H and O–H groups in total. The zero-order valence-electron chi connectivity index (χ0n) is 12.7. The summed E-state index contributed by atoms with van der Waals surface area (Å²) in [4.78, 5) is 8.66. The van der Waals surface area contributed by atoms with Gasteiger partial charge in [-0.1, -0.05) is 38.4 Å². The molecule has 2 rings (SSSR count). The van der Waals surface area contributed by atoms with Crippen molar-refractivity contribution in [2.24, 2.45) is 0 Å². The molecule has 5 heteroatoms. The van der Waals surface area contributed by atoms with E-state index in [4.69, 9.17) is 21.1 Å². The fourth-order valence-electron chi connectivity index (χ4n) is 1.70. The van der Waals surface area contributed by atoms with Crippen molar-refractivity contribution in [1.82, 2.24) is 9.97 Å². The molecule has 0 amide bonds. The minimum atomic E-state index is -0.198. The van der Waals surface area contributed by atoms with E-state index >= 15 is 0 Å². The van der Waals surface area contributed by atoms with Gasteiger partial charge in [-0.3, -0.25) is 0 Å². The third kappa shape index (κ3) is 4.33. The van der Waals surface area contributed by atoms with E-state index in [1.807, 2.05) is 52.0 Å². The van der Waals surface area contributed by atoms with Crippen molar-refractivity contribution in [2.75, 3.05) is 6.61 Å². The largest absolute Gasteiger partial charge is 0.494 e. The Morgan fingerprint density at radius 2 is 1.81 bits per heavy atom. The van der Waals surface area contributed by atoms with Crippen LogP contribution in [0.1, 0.15) is 33.5 Å². The summed E-state index contributed by atoms with van der Waals surface area (Å²) < 4.78 is 11.2. The number of halogens is 1. The second kappa shape index (κ2) is 6.31. The van der Waals surface area contributed by atoms with E-state index < -0.39 is 0 Å². The van der Waals surface area contributed by atoms with Crippen molar-refractivity contribution >= 4 is 11.6 Å². The number of benzene rings is 1. The molecular weight excluding hydrogens is 288 g/mol. The van der Waals surface area contributed by atoms with Crippen molar-refractivity contribution in [1.29, 1.82) is 0 Å². The van der Waals surface area contributed by atoms with Gasteiger partial charge in [0.2, 0.25) is 5.88 Å². The SMILES string of the molecule is CCOc1cccc(Oc2cc(Cl)nc(C(C)(C)C)n2)c1. The van der Waals surface area contributed by atoms with Crippen LogP contribution in [0.15, 0.2) is 30.3 Å². The lowest BCUT2D eigenvalue weighted by Gasteiger charge is -2.17. The van der Waals surface area contributed by atoms with Crippen molar-refractivity contribution in [3.05, 3.63) is 41.3 Å². The Morgan fingerprint density at radius 3 is 2.48 bits per heavy atom. The fourth-order valence-corrected chi connectivity index (χ4v) is 1.87. The molecule has 0 saturated carbocycles. The van der Waals surface area contributed by atoms with Crippen molar-refractivity contribution < 1.29 is 9.47 Å². The zero-order valence-corrected chi connectivity index (χ0v) is 13.4. The Bertz CT molecular complexity index is 624. The number of aromatic nitrogens is 2. The molecule has 1 aromatic heterocycles. The normalized spacial score (nSPS) is 11.3. The van der Waals surface area contributed by atoms with E-state index in [0.29, 0.717) is 29.2 Å². The van der Waals surface area contributed by atoms with Crippen LogP contribution < -0.4 is 9.47 Å². The molecule has 1 heterocycles. The Kier molecular flexibility index (Phi) is 4.68. The van der Waals surface area contributed by atoms with Crippen LogP contribution in [0.4, 0.5) is 0 Å². The van der Waals surface area contributed by atoms with Gasteiger partial charge in [0.05, 0.1) is 6.61 Å². The first-order valence-electron chi connectivity index (χ1n) is 6.84. The van der Waals surface area contributed by atoms with E-state index in [1.54, 1.807) is 6.07 Å². The summed E-state index contributed by atoms with van der Waals surface area (Å²) in [6.45, 7) is 8.62. The van der Waals surface area contributed by atoms with Crippen molar-refractivity contribution in [3.63, 3.8) is 0 Å². The highest BCUT2D eigenvalue weighted by atomic mass is 35.5. The summed E-state index contributed by atoms with van der Waals surface area (Å²) in [7, 11) is 0. The number of rotatable bonds is 4. The first-order valence-corrected chi connectivity index (χ1v) is 7.22. The van der Waals surface area contributed by atoms with E-state index in [9.17, 15) is 0 Å². The molecule has 0 atom stereocenters.